The van der Waals surface area contributed by atoms with Crippen molar-refractivity contribution in [2.45, 2.75) is 245 Å². The summed E-state index contributed by atoms with van der Waals surface area (Å²) in [7, 11) is 0. The summed E-state index contributed by atoms with van der Waals surface area (Å²) in [4.78, 5) is 37.8. The standard InChI is InChI=1S/C51H90O6/c1-4-7-10-13-16-19-21-23-25-27-29-32-35-38-41-44-50(53)56-47-48(46-55-49(52)43-40-37-34-31-18-15-12-9-6-3)57-51(54)45-42-39-36-33-30-28-26-24-22-20-17-14-11-8-5-2/h16,19,23-26,29,32,48H,4-15,17-18,20-22,27-28,30-31,33-47H2,1-3H3/b19-16-,25-23-,26-24-,32-29-/t48-/m1/s1. The third kappa shape index (κ3) is 44.3. The number of hydrogen-bond acceptors (Lipinski definition) is 6. The first-order valence-corrected chi connectivity index (χ1v) is 24.1. The van der Waals surface area contributed by atoms with E-state index in [2.05, 4.69) is 69.4 Å². The number of carbonyl (C=O) groups is 3. The van der Waals surface area contributed by atoms with Gasteiger partial charge in [-0.3, -0.25) is 14.4 Å². The maximum atomic E-state index is 12.7. The fourth-order valence-electron chi connectivity index (χ4n) is 6.62. The van der Waals surface area contributed by atoms with Gasteiger partial charge in [0.15, 0.2) is 6.10 Å². The van der Waals surface area contributed by atoms with Crippen molar-refractivity contribution in [1.29, 1.82) is 0 Å². The van der Waals surface area contributed by atoms with Gasteiger partial charge in [-0.1, -0.05) is 185 Å². The Bertz CT molecular complexity index is 1010. The van der Waals surface area contributed by atoms with Crippen LogP contribution in [0.3, 0.4) is 0 Å². The highest BCUT2D eigenvalue weighted by atomic mass is 16.6. The van der Waals surface area contributed by atoms with Crippen LogP contribution in [0.2, 0.25) is 0 Å². The van der Waals surface area contributed by atoms with Crippen molar-refractivity contribution in [3.8, 4) is 0 Å². The first kappa shape index (κ1) is 54.4. The molecule has 0 aromatic heterocycles. The molecule has 0 radical (unpaired) electrons. The number of rotatable bonds is 43. The van der Waals surface area contributed by atoms with Gasteiger partial charge in [-0.2, -0.15) is 0 Å². The fraction of sp³-hybridized carbons (Fsp3) is 0.784. The zero-order chi connectivity index (χ0) is 41.5. The van der Waals surface area contributed by atoms with Crippen LogP contribution in [0.25, 0.3) is 0 Å². The number of carbonyl (C=O) groups excluding carboxylic acids is 3. The van der Waals surface area contributed by atoms with E-state index in [4.69, 9.17) is 14.2 Å². The third-order valence-corrected chi connectivity index (χ3v) is 10.3. The van der Waals surface area contributed by atoms with Gasteiger partial charge in [-0.05, 0) is 83.5 Å². The maximum absolute atomic E-state index is 12.7. The van der Waals surface area contributed by atoms with Crippen LogP contribution in [0, 0.1) is 0 Å². The summed E-state index contributed by atoms with van der Waals surface area (Å²) in [5.41, 5.74) is 0. The van der Waals surface area contributed by atoms with Gasteiger partial charge in [0.2, 0.25) is 0 Å². The molecule has 0 saturated carbocycles. The highest BCUT2D eigenvalue weighted by Crippen LogP contribution is 2.13. The molecule has 0 aliphatic rings. The van der Waals surface area contributed by atoms with Gasteiger partial charge >= 0.3 is 17.9 Å². The summed E-state index contributed by atoms with van der Waals surface area (Å²) < 4.78 is 16.7. The third-order valence-electron chi connectivity index (χ3n) is 10.3. The molecule has 0 bridgehead atoms. The molecule has 0 aromatic rings. The monoisotopic (exact) mass is 799 g/mol. The summed E-state index contributed by atoms with van der Waals surface area (Å²) in [5.74, 6) is -0.936. The predicted molar refractivity (Wildman–Crippen MR) is 242 cm³/mol. The molecule has 0 aliphatic heterocycles. The van der Waals surface area contributed by atoms with Crippen LogP contribution in [0.4, 0.5) is 0 Å². The van der Waals surface area contributed by atoms with Crippen molar-refractivity contribution in [2.75, 3.05) is 13.2 Å². The Morgan fingerprint density at radius 1 is 0.351 bits per heavy atom. The molecule has 0 fully saturated rings. The molecule has 0 unspecified atom stereocenters. The van der Waals surface area contributed by atoms with Crippen molar-refractivity contribution in [1.82, 2.24) is 0 Å². The van der Waals surface area contributed by atoms with Gasteiger partial charge in [0, 0.05) is 19.3 Å². The molecule has 0 spiro atoms. The quantitative estimate of drug-likeness (QED) is 0.0265. The normalized spacial score (nSPS) is 12.4. The molecule has 1 atom stereocenters. The fourth-order valence-corrected chi connectivity index (χ4v) is 6.62. The van der Waals surface area contributed by atoms with Crippen molar-refractivity contribution < 1.29 is 28.6 Å². The highest BCUT2D eigenvalue weighted by molar-refractivity contribution is 5.71. The predicted octanol–water partition coefficient (Wildman–Crippen LogP) is 15.5. The van der Waals surface area contributed by atoms with E-state index in [0.29, 0.717) is 19.3 Å². The van der Waals surface area contributed by atoms with Crippen LogP contribution >= 0.6 is 0 Å². The second-order valence-electron chi connectivity index (χ2n) is 16.0. The lowest BCUT2D eigenvalue weighted by Gasteiger charge is -2.18. The van der Waals surface area contributed by atoms with Crippen LogP contribution in [-0.4, -0.2) is 37.2 Å². The molecule has 6 nitrogen and oxygen atoms in total. The van der Waals surface area contributed by atoms with E-state index in [1.807, 2.05) is 0 Å². The Morgan fingerprint density at radius 2 is 0.632 bits per heavy atom. The van der Waals surface area contributed by atoms with Crippen LogP contribution < -0.4 is 0 Å². The van der Waals surface area contributed by atoms with E-state index in [9.17, 15) is 14.4 Å². The summed E-state index contributed by atoms with van der Waals surface area (Å²) in [6, 6.07) is 0. The average molecular weight is 799 g/mol. The molecule has 57 heavy (non-hydrogen) atoms. The van der Waals surface area contributed by atoms with Gasteiger partial charge in [0.05, 0.1) is 0 Å². The van der Waals surface area contributed by atoms with Crippen LogP contribution in [-0.2, 0) is 28.6 Å². The molecular weight excluding hydrogens is 709 g/mol. The topological polar surface area (TPSA) is 78.9 Å². The molecule has 0 aliphatic carbocycles. The molecule has 330 valence electrons. The summed E-state index contributed by atoms with van der Waals surface area (Å²) in [6.45, 7) is 6.54. The molecular formula is C51H90O6. The number of allylic oxidation sites excluding steroid dienone is 8. The molecule has 0 saturated heterocycles. The second-order valence-corrected chi connectivity index (χ2v) is 16.0. The van der Waals surface area contributed by atoms with Gasteiger partial charge in [0.1, 0.15) is 13.2 Å². The summed E-state index contributed by atoms with van der Waals surface area (Å²) in [5, 5.41) is 0. The Labute approximate surface area is 352 Å². The molecule has 0 heterocycles. The van der Waals surface area contributed by atoms with Gasteiger partial charge in [-0.25, -0.2) is 0 Å². The van der Waals surface area contributed by atoms with E-state index in [0.717, 1.165) is 83.5 Å². The average Bonchev–Trinajstić information content (AvgIpc) is 3.21. The Balaban J connectivity index is 4.42. The lowest BCUT2D eigenvalue weighted by Crippen LogP contribution is -2.30. The molecule has 0 N–H and O–H groups in total. The van der Waals surface area contributed by atoms with Crippen molar-refractivity contribution in [2.24, 2.45) is 0 Å². The number of ether oxygens (including phenoxy) is 3. The number of esters is 3. The van der Waals surface area contributed by atoms with Crippen LogP contribution in [0.1, 0.15) is 239 Å². The summed E-state index contributed by atoms with van der Waals surface area (Å²) >= 11 is 0. The van der Waals surface area contributed by atoms with E-state index < -0.39 is 6.10 Å². The number of hydrogen-bond donors (Lipinski definition) is 0. The van der Waals surface area contributed by atoms with Gasteiger partial charge in [-0.15, -0.1) is 0 Å². The Morgan fingerprint density at radius 3 is 1.07 bits per heavy atom. The number of unbranched alkanes of at least 4 members (excludes halogenated alkanes) is 24. The molecule has 0 aromatic carbocycles. The van der Waals surface area contributed by atoms with E-state index in [-0.39, 0.29) is 31.1 Å². The molecule has 6 heteroatoms. The maximum Gasteiger partial charge on any atom is 0.306 e. The van der Waals surface area contributed by atoms with Gasteiger partial charge in [0.25, 0.3) is 0 Å². The Hall–Kier alpha value is -2.63. The molecule has 0 amide bonds. The minimum Gasteiger partial charge on any atom is -0.462 e. The lowest BCUT2D eigenvalue weighted by molar-refractivity contribution is -0.167. The van der Waals surface area contributed by atoms with Crippen molar-refractivity contribution in [3.63, 3.8) is 0 Å². The van der Waals surface area contributed by atoms with E-state index >= 15 is 0 Å². The zero-order valence-electron chi connectivity index (χ0n) is 37.6. The lowest BCUT2D eigenvalue weighted by atomic mass is 10.1. The largest absolute Gasteiger partial charge is 0.462 e. The van der Waals surface area contributed by atoms with Crippen molar-refractivity contribution >= 4 is 17.9 Å². The van der Waals surface area contributed by atoms with E-state index in [1.54, 1.807) is 0 Å². The van der Waals surface area contributed by atoms with E-state index in [1.165, 1.54) is 116 Å². The zero-order valence-corrected chi connectivity index (χ0v) is 37.6. The first-order chi connectivity index (χ1) is 28.0. The highest BCUT2D eigenvalue weighted by Gasteiger charge is 2.19. The summed E-state index contributed by atoms with van der Waals surface area (Å²) in [6.07, 6.45) is 53.8. The molecule has 0 rings (SSSR count). The second kappa shape index (κ2) is 46.1. The first-order valence-electron chi connectivity index (χ1n) is 24.1. The van der Waals surface area contributed by atoms with Crippen LogP contribution in [0.5, 0.6) is 0 Å². The Kier molecular flexibility index (Phi) is 43.9. The SMILES string of the molecule is CCCCC/C=C\C/C=C\C/C=C\CCCCC(=O)OC[C@@H](COC(=O)CCCCCCCCCCC)OC(=O)CCCCCCC/C=C\CCCCCCCC. The van der Waals surface area contributed by atoms with Crippen LogP contribution in [0.15, 0.2) is 48.6 Å². The van der Waals surface area contributed by atoms with Gasteiger partial charge < -0.3 is 14.2 Å². The van der Waals surface area contributed by atoms with Crippen molar-refractivity contribution in [3.05, 3.63) is 48.6 Å². The minimum atomic E-state index is -0.788. The minimum absolute atomic E-state index is 0.0872. The smallest absolute Gasteiger partial charge is 0.306 e.